The van der Waals surface area contributed by atoms with E-state index in [-0.39, 0.29) is 11.5 Å². The van der Waals surface area contributed by atoms with E-state index >= 15 is 0 Å². The molecule has 0 radical (unpaired) electrons. The van der Waals surface area contributed by atoms with E-state index in [0.717, 1.165) is 30.9 Å². The zero-order valence-corrected chi connectivity index (χ0v) is 15.3. The van der Waals surface area contributed by atoms with Gasteiger partial charge < -0.3 is 18.9 Å². The number of hydrogen-bond acceptors (Lipinski definition) is 5. The van der Waals surface area contributed by atoms with Crippen LogP contribution in [0.1, 0.15) is 24.0 Å². The van der Waals surface area contributed by atoms with Crippen LogP contribution in [-0.4, -0.2) is 57.8 Å². The van der Waals surface area contributed by atoms with Crippen molar-refractivity contribution in [2.45, 2.75) is 42.6 Å². The van der Waals surface area contributed by atoms with Crippen LogP contribution in [0.4, 0.5) is 0 Å². The first-order chi connectivity index (χ1) is 12.1. The molecule has 3 atom stereocenters. The highest BCUT2D eigenvalue weighted by molar-refractivity contribution is 5.66. The summed E-state index contributed by atoms with van der Waals surface area (Å²) >= 11 is 0. The molecule has 2 aliphatic heterocycles. The van der Waals surface area contributed by atoms with Crippen LogP contribution in [-0.2, 0) is 21.3 Å². The molecular formula is C20H25NO4. The largest absolute Gasteiger partial charge is 0.493 e. The summed E-state index contributed by atoms with van der Waals surface area (Å²) in [5.41, 5.74) is 4.00. The Morgan fingerprint density at radius 3 is 2.72 bits per heavy atom. The number of piperidine rings is 1. The predicted molar refractivity (Wildman–Crippen MR) is 93.3 cm³/mol. The minimum absolute atomic E-state index is 0.168. The lowest BCUT2D eigenvalue weighted by atomic mass is 9.55. The normalized spacial score (nSPS) is 34.2. The lowest BCUT2D eigenvalue weighted by molar-refractivity contribution is -0.263. The van der Waals surface area contributed by atoms with Crippen molar-refractivity contribution in [1.29, 1.82) is 0 Å². The fourth-order valence-corrected chi connectivity index (χ4v) is 5.71. The van der Waals surface area contributed by atoms with Gasteiger partial charge in [-0.3, -0.25) is 4.90 Å². The van der Waals surface area contributed by atoms with Gasteiger partial charge in [-0.15, -0.1) is 0 Å². The zero-order valence-electron chi connectivity index (χ0n) is 15.3. The summed E-state index contributed by atoms with van der Waals surface area (Å²) in [7, 11) is 7.38. The molecule has 1 aromatic carbocycles. The fourth-order valence-electron chi connectivity index (χ4n) is 5.71. The number of rotatable bonds is 3. The summed E-state index contributed by atoms with van der Waals surface area (Å²) in [6, 6.07) is 4.68. The number of likely N-dealkylation sites (N-methyl/N-ethyl adjacent to an activating group) is 1. The van der Waals surface area contributed by atoms with Crippen molar-refractivity contribution >= 4 is 0 Å². The standard InChI is InChI=1S/C20H25NO4/c1-21-10-9-19-13-7-8-20(23-3,24-4)18(19)25-17-15(22-2)6-5-12(16(17)19)11-14(13)21/h5-7,14,18H,8-11H2,1-4H3/t14-,18-,19+/m1/s1. The van der Waals surface area contributed by atoms with Crippen LogP contribution >= 0.6 is 0 Å². The molecule has 0 aromatic heterocycles. The van der Waals surface area contributed by atoms with Crippen molar-refractivity contribution in [2.24, 2.45) is 0 Å². The second kappa shape index (κ2) is 5.00. The molecule has 0 unspecified atom stereocenters. The summed E-state index contributed by atoms with van der Waals surface area (Å²) in [6.45, 7) is 1.04. The molecule has 0 amide bonds. The van der Waals surface area contributed by atoms with E-state index in [0.29, 0.717) is 12.5 Å². The maximum Gasteiger partial charge on any atom is 0.210 e. The van der Waals surface area contributed by atoms with Gasteiger partial charge in [-0.25, -0.2) is 0 Å². The van der Waals surface area contributed by atoms with E-state index in [1.807, 2.05) is 6.07 Å². The Labute approximate surface area is 148 Å². The average Bonchev–Trinajstić information content (AvgIpc) is 3.00. The lowest BCUT2D eigenvalue weighted by Gasteiger charge is -2.56. The monoisotopic (exact) mass is 343 g/mol. The molecule has 2 aliphatic carbocycles. The Balaban J connectivity index is 1.83. The molecule has 4 aliphatic rings. The molecule has 0 saturated carbocycles. The van der Waals surface area contributed by atoms with E-state index in [1.54, 1.807) is 21.3 Å². The second-order valence-electron chi connectivity index (χ2n) is 7.63. The number of hydrogen-bond donors (Lipinski definition) is 0. The third-order valence-corrected chi connectivity index (χ3v) is 6.93. The third kappa shape index (κ3) is 1.65. The highest BCUT2D eigenvalue weighted by Gasteiger charge is 2.67. The highest BCUT2D eigenvalue weighted by atomic mass is 16.7. The first kappa shape index (κ1) is 15.7. The van der Waals surface area contributed by atoms with Gasteiger partial charge in [-0.2, -0.15) is 0 Å². The van der Waals surface area contributed by atoms with E-state index in [2.05, 4.69) is 24.1 Å². The van der Waals surface area contributed by atoms with Gasteiger partial charge in [-0.05, 0) is 43.6 Å². The van der Waals surface area contributed by atoms with E-state index in [1.165, 1.54) is 16.7 Å². The first-order valence-electron chi connectivity index (χ1n) is 8.99. The maximum absolute atomic E-state index is 6.60. The quantitative estimate of drug-likeness (QED) is 0.622. The van der Waals surface area contributed by atoms with Gasteiger partial charge in [0, 0.05) is 32.2 Å². The van der Waals surface area contributed by atoms with Crippen LogP contribution in [0.15, 0.2) is 23.8 Å². The van der Waals surface area contributed by atoms with Crippen LogP contribution in [0, 0.1) is 0 Å². The minimum Gasteiger partial charge on any atom is -0.493 e. The van der Waals surface area contributed by atoms with Crippen molar-refractivity contribution in [3.8, 4) is 11.5 Å². The molecule has 0 N–H and O–H groups in total. The number of ether oxygens (including phenoxy) is 4. The van der Waals surface area contributed by atoms with Crippen LogP contribution in [0.3, 0.4) is 0 Å². The SMILES string of the molecule is COc1ccc2c3c1O[C@H]1C(OC)(OC)CC=C4[C@@H](C2)N(C)CC[C@]431. The first-order valence-corrected chi connectivity index (χ1v) is 8.99. The summed E-state index contributed by atoms with van der Waals surface area (Å²) < 4.78 is 24.1. The van der Waals surface area contributed by atoms with Crippen LogP contribution in [0.2, 0.25) is 0 Å². The summed E-state index contributed by atoms with van der Waals surface area (Å²) in [5.74, 6) is 0.933. The van der Waals surface area contributed by atoms with Crippen molar-refractivity contribution in [1.82, 2.24) is 4.90 Å². The zero-order chi connectivity index (χ0) is 17.4. The van der Waals surface area contributed by atoms with E-state index in [4.69, 9.17) is 18.9 Å². The molecule has 5 heteroatoms. The Hall–Kier alpha value is -1.56. The summed E-state index contributed by atoms with van der Waals surface area (Å²) in [6.07, 6.45) is 4.91. The lowest BCUT2D eigenvalue weighted by Crippen LogP contribution is -2.66. The number of methoxy groups -OCH3 is 3. The summed E-state index contributed by atoms with van der Waals surface area (Å²) in [4.78, 5) is 2.48. The molecular weight excluding hydrogens is 318 g/mol. The van der Waals surface area contributed by atoms with Gasteiger partial charge in [0.05, 0.1) is 12.5 Å². The number of nitrogens with zero attached hydrogens (tertiary/aromatic N) is 1. The van der Waals surface area contributed by atoms with Gasteiger partial charge in [-0.1, -0.05) is 12.1 Å². The van der Waals surface area contributed by atoms with Gasteiger partial charge in [0.15, 0.2) is 17.6 Å². The molecule has 1 aromatic rings. The van der Waals surface area contributed by atoms with Crippen molar-refractivity contribution < 1.29 is 18.9 Å². The molecule has 2 bridgehead atoms. The topological polar surface area (TPSA) is 40.2 Å². The van der Waals surface area contributed by atoms with Crippen LogP contribution in [0.25, 0.3) is 0 Å². The van der Waals surface area contributed by atoms with Crippen LogP contribution in [0.5, 0.6) is 11.5 Å². The van der Waals surface area contributed by atoms with Gasteiger partial charge >= 0.3 is 0 Å². The molecule has 2 heterocycles. The molecule has 25 heavy (non-hydrogen) atoms. The highest BCUT2D eigenvalue weighted by Crippen LogP contribution is 2.64. The van der Waals surface area contributed by atoms with E-state index < -0.39 is 5.79 Å². The number of benzene rings is 1. The Bertz CT molecular complexity index is 769. The van der Waals surface area contributed by atoms with Gasteiger partial charge in [0.1, 0.15) is 0 Å². The predicted octanol–water partition coefficient (Wildman–Crippen LogP) is 2.27. The van der Waals surface area contributed by atoms with Crippen molar-refractivity contribution in [3.05, 3.63) is 34.9 Å². The van der Waals surface area contributed by atoms with Crippen molar-refractivity contribution in [3.63, 3.8) is 0 Å². The third-order valence-electron chi connectivity index (χ3n) is 6.93. The maximum atomic E-state index is 6.60. The van der Waals surface area contributed by atoms with E-state index in [9.17, 15) is 0 Å². The fraction of sp³-hybridized carbons (Fsp3) is 0.600. The smallest absolute Gasteiger partial charge is 0.210 e. The molecule has 1 fully saturated rings. The summed E-state index contributed by atoms with van der Waals surface area (Å²) in [5, 5.41) is 0. The molecule has 1 spiro atoms. The second-order valence-corrected chi connectivity index (χ2v) is 7.63. The molecule has 1 saturated heterocycles. The van der Waals surface area contributed by atoms with Gasteiger partial charge in [0.2, 0.25) is 5.79 Å². The molecule has 134 valence electrons. The molecule has 5 rings (SSSR count). The Kier molecular flexibility index (Phi) is 3.13. The van der Waals surface area contributed by atoms with Gasteiger partial charge in [0.25, 0.3) is 0 Å². The van der Waals surface area contributed by atoms with Crippen molar-refractivity contribution in [2.75, 3.05) is 34.9 Å². The number of likely N-dealkylation sites (tertiary alicyclic amines) is 1. The average molecular weight is 343 g/mol. The molecule has 5 nitrogen and oxygen atoms in total. The van der Waals surface area contributed by atoms with Crippen LogP contribution < -0.4 is 9.47 Å². The Morgan fingerprint density at radius 2 is 2.00 bits per heavy atom. The minimum atomic E-state index is -0.761. The Morgan fingerprint density at radius 1 is 1.20 bits per heavy atom.